The second-order valence-corrected chi connectivity index (χ2v) is 5.24. The van der Waals surface area contributed by atoms with E-state index in [1.165, 1.54) is 16.9 Å². The number of carbonyl (C=O) groups is 1. The molecule has 3 rings (SSSR count). The molecule has 1 N–H and O–H groups in total. The minimum Gasteiger partial charge on any atom is -0.477 e. The molecule has 0 spiro atoms. The summed E-state index contributed by atoms with van der Waals surface area (Å²) in [6, 6.07) is 8.03. The van der Waals surface area contributed by atoms with Crippen LogP contribution in [-0.4, -0.2) is 15.6 Å². The van der Waals surface area contributed by atoms with E-state index in [2.05, 4.69) is 22.8 Å². The maximum atomic E-state index is 11.0. The average Bonchev–Trinajstić information content (AvgIpc) is 2.80. The molecular formula is C13H11NO2S. The first kappa shape index (κ1) is 10.4. The number of aryl methyl sites for hydroxylation is 2. The summed E-state index contributed by atoms with van der Waals surface area (Å²) >= 11 is 1.33. The van der Waals surface area contributed by atoms with Gasteiger partial charge >= 0.3 is 5.97 Å². The zero-order valence-corrected chi connectivity index (χ0v) is 10.3. The molecule has 0 saturated heterocycles. The lowest BCUT2D eigenvalue weighted by molar-refractivity contribution is 0.0702. The molecule has 1 aromatic carbocycles. The fourth-order valence-electron chi connectivity index (χ4n) is 2.20. The SMILES string of the molecule is Cc1ccc2c(c1)c1cc(C(=O)O)sc1n2C. The Balaban J connectivity index is 2.48. The summed E-state index contributed by atoms with van der Waals surface area (Å²) in [5.74, 6) is -0.855. The van der Waals surface area contributed by atoms with Gasteiger partial charge in [0.15, 0.2) is 0 Å². The standard InChI is InChI=1S/C13H11NO2S/c1-7-3-4-10-8(5-7)9-6-11(13(15)16)17-12(9)14(10)2/h3-6H,1-2H3,(H,15,16). The van der Waals surface area contributed by atoms with E-state index >= 15 is 0 Å². The molecular weight excluding hydrogens is 234 g/mol. The number of aromatic nitrogens is 1. The van der Waals surface area contributed by atoms with Crippen molar-refractivity contribution < 1.29 is 9.90 Å². The molecule has 4 heteroatoms. The number of aromatic carboxylic acids is 1. The predicted molar refractivity (Wildman–Crippen MR) is 70.0 cm³/mol. The van der Waals surface area contributed by atoms with Crippen LogP contribution < -0.4 is 0 Å². The van der Waals surface area contributed by atoms with Gasteiger partial charge < -0.3 is 9.67 Å². The number of carboxylic acids is 1. The largest absolute Gasteiger partial charge is 0.477 e. The Kier molecular flexibility index (Phi) is 2.03. The molecule has 0 bridgehead atoms. The van der Waals surface area contributed by atoms with Crippen molar-refractivity contribution in [3.05, 3.63) is 34.7 Å². The summed E-state index contributed by atoms with van der Waals surface area (Å²) in [5.41, 5.74) is 2.34. The van der Waals surface area contributed by atoms with Crippen molar-refractivity contribution in [2.45, 2.75) is 6.92 Å². The summed E-state index contributed by atoms with van der Waals surface area (Å²) in [5, 5.41) is 11.2. The molecule has 0 aliphatic carbocycles. The van der Waals surface area contributed by atoms with E-state index in [0.29, 0.717) is 4.88 Å². The van der Waals surface area contributed by atoms with Crippen LogP contribution in [0.5, 0.6) is 0 Å². The van der Waals surface area contributed by atoms with Crippen LogP contribution in [0.25, 0.3) is 21.1 Å². The van der Waals surface area contributed by atoms with Gasteiger partial charge in [-0.25, -0.2) is 4.79 Å². The van der Waals surface area contributed by atoms with Crippen molar-refractivity contribution in [2.75, 3.05) is 0 Å². The van der Waals surface area contributed by atoms with Gasteiger partial charge in [0.1, 0.15) is 9.71 Å². The molecule has 0 atom stereocenters. The Bertz CT molecular complexity index is 752. The molecule has 2 aromatic heterocycles. The summed E-state index contributed by atoms with van der Waals surface area (Å²) < 4.78 is 2.06. The number of carboxylic acid groups (broad SMARTS) is 1. The van der Waals surface area contributed by atoms with Gasteiger partial charge in [-0.15, -0.1) is 11.3 Å². The van der Waals surface area contributed by atoms with Crippen molar-refractivity contribution >= 4 is 38.4 Å². The minimum atomic E-state index is -0.855. The smallest absolute Gasteiger partial charge is 0.345 e. The van der Waals surface area contributed by atoms with Crippen LogP contribution >= 0.6 is 11.3 Å². The molecule has 3 nitrogen and oxygen atoms in total. The fourth-order valence-corrected chi connectivity index (χ4v) is 3.18. The predicted octanol–water partition coefficient (Wildman–Crippen LogP) is 3.40. The van der Waals surface area contributed by atoms with E-state index in [1.807, 2.05) is 14.0 Å². The molecule has 3 aromatic rings. The summed E-state index contributed by atoms with van der Waals surface area (Å²) in [4.78, 5) is 12.4. The number of fused-ring (bicyclic) bond motifs is 3. The van der Waals surface area contributed by atoms with Gasteiger partial charge in [-0.05, 0) is 25.1 Å². The molecule has 17 heavy (non-hydrogen) atoms. The van der Waals surface area contributed by atoms with Gasteiger partial charge in [0.2, 0.25) is 0 Å². The minimum absolute atomic E-state index is 0.397. The molecule has 0 saturated carbocycles. The van der Waals surface area contributed by atoms with Crippen LogP contribution in [0.4, 0.5) is 0 Å². The highest BCUT2D eigenvalue weighted by Gasteiger charge is 2.15. The number of hydrogen-bond acceptors (Lipinski definition) is 2. The molecule has 0 aliphatic heterocycles. The molecule has 86 valence electrons. The number of rotatable bonds is 1. The summed E-state index contributed by atoms with van der Waals surface area (Å²) in [6.45, 7) is 2.04. The Morgan fingerprint density at radius 1 is 1.29 bits per heavy atom. The van der Waals surface area contributed by atoms with Gasteiger partial charge in [-0.2, -0.15) is 0 Å². The average molecular weight is 245 g/mol. The highest BCUT2D eigenvalue weighted by Crippen LogP contribution is 2.34. The maximum Gasteiger partial charge on any atom is 0.345 e. The molecule has 2 heterocycles. The van der Waals surface area contributed by atoms with E-state index in [9.17, 15) is 4.79 Å². The van der Waals surface area contributed by atoms with Crippen LogP contribution in [0.15, 0.2) is 24.3 Å². The van der Waals surface area contributed by atoms with Gasteiger partial charge in [0.25, 0.3) is 0 Å². The lowest BCUT2D eigenvalue weighted by Gasteiger charge is -1.97. The van der Waals surface area contributed by atoms with E-state index < -0.39 is 5.97 Å². The first-order valence-electron chi connectivity index (χ1n) is 5.30. The van der Waals surface area contributed by atoms with Crippen molar-refractivity contribution in [1.82, 2.24) is 4.57 Å². The van der Waals surface area contributed by atoms with E-state index in [-0.39, 0.29) is 0 Å². The highest BCUT2D eigenvalue weighted by atomic mass is 32.1. The molecule has 0 aliphatic rings. The zero-order valence-electron chi connectivity index (χ0n) is 9.52. The quantitative estimate of drug-likeness (QED) is 0.714. The summed E-state index contributed by atoms with van der Waals surface area (Å²) in [6.07, 6.45) is 0. The number of thiophene rings is 1. The number of nitrogens with zero attached hydrogens (tertiary/aromatic N) is 1. The third-order valence-electron chi connectivity index (χ3n) is 3.03. The third-order valence-corrected chi connectivity index (χ3v) is 4.23. The van der Waals surface area contributed by atoms with E-state index in [1.54, 1.807) is 6.07 Å². The van der Waals surface area contributed by atoms with Crippen molar-refractivity contribution in [3.8, 4) is 0 Å². The number of hydrogen-bond donors (Lipinski definition) is 1. The Labute approximate surface area is 102 Å². The second kappa shape index (κ2) is 3.34. The summed E-state index contributed by atoms with van der Waals surface area (Å²) in [7, 11) is 1.97. The highest BCUT2D eigenvalue weighted by molar-refractivity contribution is 7.20. The van der Waals surface area contributed by atoms with Gasteiger partial charge in [-0.1, -0.05) is 11.6 Å². The second-order valence-electron chi connectivity index (χ2n) is 4.21. The maximum absolute atomic E-state index is 11.0. The van der Waals surface area contributed by atoms with Crippen molar-refractivity contribution in [1.29, 1.82) is 0 Å². The fraction of sp³-hybridized carbons (Fsp3) is 0.154. The normalized spacial score (nSPS) is 11.4. The monoisotopic (exact) mass is 245 g/mol. The van der Waals surface area contributed by atoms with Crippen LogP contribution in [0, 0.1) is 6.92 Å². The zero-order chi connectivity index (χ0) is 12.2. The molecule has 0 amide bonds. The Hall–Kier alpha value is -1.81. The lowest BCUT2D eigenvalue weighted by Crippen LogP contribution is -1.90. The topological polar surface area (TPSA) is 42.2 Å². The first-order valence-corrected chi connectivity index (χ1v) is 6.11. The van der Waals surface area contributed by atoms with Crippen molar-refractivity contribution in [2.24, 2.45) is 7.05 Å². The van der Waals surface area contributed by atoms with E-state index in [0.717, 1.165) is 21.1 Å². The number of benzene rings is 1. The van der Waals surface area contributed by atoms with Crippen LogP contribution in [0.3, 0.4) is 0 Å². The molecule has 0 radical (unpaired) electrons. The van der Waals surface area contributed by atoms with Crippen molar-refractivity contribution in [3.63, 3.8) is 0 Å². The van der Waals surface area contributed by atoms with Crippen LogP contribution in [0.1, 0.15) is 15.2 Å². The van der Waals surface area contributed by atoms with Gasteiger partial charge in [0, 0.05) is 23.3 Å². The Morgan fingerprint density at radius 3 is 2.76 bits per heavy atom. The molecule has 0 fully saturated rings. The van der Waals surface area contributed by atoms with Crippen LogP contribution in [0.2, 0.25) is 0 Å². The van der Waals surface area contributed by atoms with E-state index in [4.69, 9.17) is 5.11 Å². The molecule has 0 unspecified atom stereocenters. The first-order chi connectivity index (χ1) is 8.08. The lowest BCUT2D eigenvalue weighted by atomic mass is 10.1. The third kappa shape index (κ3) is 1.37. The Morgan fingerprint density at radius 2 is 2.06 bits per heavy atom. The van der Waals surface area contributed by atoms with Gasteiger partial charge in [-0.3, -0.25) is 0 Å². The van der Waals surface area contributed by atoms with Gasteiger partial charge in [0.05, 0.1) is 0 Å². The van der Waals surface area contributed by atoms with Crippen LogP contribution in [-0.2, 0) is 7.05 Å².